The summed E-state index contributed by atoms with van der Waals surface area (Å²) in [5.74, 6) is 0.00338. The number of hydrogen-bond donors (Lipinski definition) is 1. The molecule has 0 unspecified atom stereocenters. The summed E-state index contributed by atoms with van der Waals surface area (Å²) in [6.45, 7) is 2.05. The number of nitrogens with one attached hydrogen (secondary N) is 1. The molecule has 2 aromatic rings. The lowest BCUT2D eigenvalue weighted by Crippen LogP contribution is -2.48. The van der Waals surface area contributed by atoms with Gasteiger partial charge in [0.1, 0.15) is 5.75 Å². The second-order valence-electron chi connectivity index (χ2n) is 7.45. The Morgan fingerprint density at radius 3 is 2.41 bits per heavy atom. The van der Waals surface area contributed by atoms with Crippen molar-refractivity contribution >= 4 is 33.0 Å². The van der Waals surface area contributed by atoms with E-state index >= 15 is 0 Å². The number of anilines is 3. The van der Waals surface area contributed by atoms with Gasteiger partial charge in [-0.05, 0) is 55.7 Å². The van der Waals surface area contributed by atoms with Crippen molar-refractivity contribution in [3.05, 3.63) is 48.5 Å². The summed E-state index contributed by atoms with van der Waals surface area (Å²) in [7, 11) is -3.53. The van der Waals surface area contributed by atoms with E-state index in [0.29, 0.717) is 17.1 Å². The Labute approximate surface area is 171 Å². The second kappa shape index (κ2) is 7.94. The van der Waals surface area contributed by atoms with Crippen LogP contribution in [0, 0.1) is 0 Å². The number of benzene rings is 2. The third kappa shape index (κ3) is 4.32. The van der Waals surface area contributed by atoms with Crippen LogP contribution in [0.1, 0.15) is 19.3 Å². The molecule has 2 aliphatic rings. The zero-order chi connectivity index (χ0) is 20.4. The molecule has 1 amide bonds. The molecule has 7 nitrogen and oxygen atoms in total. The predicted octanol–water partition coefficient (Wildman–Crippen LogP) is 2.84. The van der Waals surface area contributed by atoms with E-state index in [2.05, 4.69) is 10.2 Å². The lowest BCUT2D eigenvalue weighted by molar-refractivity contribution is -0.122. The summed E-state index contributed by atoms with van der Waals surface area (Å²) >= 11 is 0. The van der Waals surface area contributed by atoms with Crippen LogP contribution in [0.3, 0.4) is 0 Å². The Morgan fingerprint density at radius 1 is 1.03 bits per heavy atom. The molecule has 0 saturated carbocycles. The van der Waals surface area contributed by atoms with Gasteiger partial charge in [-0.3, -0.25) is 9.10 Å². The van der Waals surface area contributed by atoms with Crippen LogP contribution in [0.15, 0.2) is 48.5 Å². The number of amides is 1. The Bertz CT molecular complexity index is 985. The van der Waals surface area contributed by atoms with Gasteiger partial charge in [0.15, 0.2) is 6.10 Å². The molecule has 0 bridgehead atoms. The first-order valence-corrected chi connectivity index (χ1v) is 11.7. The number of hydrogen-bond acceptors (Lipinski definition) is 5. The molecule has 0 spiro atoms. The standard InChI is InChI=1S/C21H25N3O4S/c1-29(26,27)24-15-20(28-19-8-4-3-7-18(19)24)21(25)22-16-9-11-17(12-10-16)23-13-5-2-6-14-23/h3-4,7-12,20H,2,5-6,13-15H2,1H3,(H,22,25)/t20-/m0/s1. The van der Waals surface area contributed by atoms with Gasteiger partial charge in [-0.25, -0.2) is 8.42 Å². The van der Waals surface area contributed by atoms with Crippen molar-refractivity contribution in [3.8, 4) is 5.75 Å². The Kier molecular flexibility index (Phi) is 5.36. The Balaban J connectivity index is 1.47. The summed E-state index contributed by atoms with van der Waals surface area (Å²) in [6.07, 6.45) is 3.88. The van der Waals surface area contributed by atoms with E-state index in [-0.39, 0.29) is 12.5 Å². The molecule has 0 aliphatic carbocycles. The third-order valence-corrected chi connectivity index (χ3v) is 6.43. The Morgan fingerprint density at radius 2 is 1.72 bits per heavy atom. The molecule has 4 rings (SSSR count). The molecule has 29 heavy (non-hydrogen) atoms. The van der Waals surface area contributed by atoms with Gasteiger partial charge in [-0.15, -0.1) is 0 Å². The summed E-state index contributed by atoms with van der Waals surface area (Å²) < 4.78 is 31.4. The maximum absolute atomic E-state index is 12.8. The number of sulfonamides is 1. The normalized spacial score (nSPS) is 19.3. The van der Waals surface area contributed by atoms with Crippen LogP contribution in [-0.4, -0.2) is 46.3 Å². The molecule has 0 aromatic heterocycles. The first-order valence-electron chi connectivity index (χ1n) is 9.81. The Hall–Kier alpha value is -2.74. The van der Waals surface area contributed by atoms with Crippen molar-refractivity contribution in [1.29, 1.82) is 0 Å². The van der Waals surface area contributed by atoms with Crippen LogP contribution in [0.2, 0.25) is 0 Å². The fraction of sp³-hybridized carbons (Fsp3) is 0.381. The average Bonchev–Trinajstić information content (AvgIpc) is 2.73. The molecule has 0 radical (unpaired) electrons. The number of nitrogens with zero attached hydrogens (tertiary/aromatic N) is 2. The molecule has 8 heteroatoms. The van der Waals surface area contributed by atoms with Crippen LogP contribution < -0.4 is 19.3 Å². The van der Waals surface area contributed by atoms with Crippen LogP contribution >= 0.6 is 0 Å². The lowest BCUT2D eigenvalue weighted by Gasteiger charge is -2.33. The number of piperidine rings is 1. The molecule has 2 aromatic carbocycles. The SMILES string of the molecule is CS(=O)(=O)N1C[C@@H](C(=O)Nc2ccc(N3CCCCC3)cc2)Oc2ccccc21. The van der Waals surface area contributed by atoms with E-state index in [1.165, 1.54) is 23.6 Å². The van der Waals surface area contributed by atoms with Crippen LogP contribution in [0.25, 0.3) is 0 Å². The van der Waals surface area contributed by atoms with Gasteiger partial charge in [-0.2, -0.15) is 0 Å². The van der Waals surface area contributed by atoms with Gasteiger partial charge in [-0.1, -0.05) is 12.1 Å². The number of carbonyl (C=O) groups excluding carboxylic acids is 1. The van der Waals surface area contributed by atoms with Gasteiger partial charge >= 0.3 is 0 Å². The minimum Gasteiger partial charge on any atom is -0.476 e. The van der Waals surface area contributed by atoms with Gasteiger partial charge < -0.3 is 15.0 Å². The van der Waals surface area contributed by atoms with Crippen molar-refractivity contribution in [2.45, 2.75) is 25.4 Å². The van der Waals surface area contributed by atoms with Gasteiger partial charge in [0, 0.05) is 24.5 Å². The third-order valence-electron chi connectivity index (χ3n) is 5.28. The molecule has 2 aliphatic heterocycles. The molecule has 1 atom stereocenters. The maximum Gasteiger partial charge on any atom is 0.267 e. The summed E-state index contributed by atoms with van der Waals surface area (Å²) in [6, 6.07) is 14.6. The number of para-hydroxylation sites is 2. The van der Waals surface area contributed by atoms with E-state index in [0.717, 1.165) is 25.0 Å². The minimum absolute atomic E-state index is 0.0620. The van der Waals surface area contributed by atoms with Gasteiger partial charge in [0.05, 0.1) is 18.5 Å². The highest BCUT2D eigenvalue weighted by Gasteiger charge is 2.34. The molecular formula is C21H25N3O4S. The maximum atomic E-state index is 12.8. The van der Waals surface area contributed by atoms with E-state index in [9.17, 15) is 13.2 Å². The van der Waals surface area contributed by atoms with Crippen molar-refractivity contribution in [2.75, 3.05) is 40.4 Å². The van der Waals surface area contributed by atoms with E-state index in [4.69, 9.17) is 4.74 Å². The van der Waals surface area contributed by atoms with E-state index in [1.54, 1.807) is 24.3 Å². The second-order valence-corrected chi connectivity index (χ2v) is 9.36. The monoisotopic (exact) mass is 415 g/mol. The molecular weight excluding hydrogens is 390 g/mol. The summed E-state index contributed by atoms with van der Waals surface area (Å²) in [4.78, 5) is 15.1. The molecule has 1 saturated heterocycles. The lowest BCUT2D eigenvalue weighted by atomic mass is 10.1. The predicted molar refractivity (Wildman–Crippen MR) is 114 cm³/mol. The van der Waals surface area contributed by atoms with Crippen molar-refractivity contribution in [2.24, 2.45) is 0 Å². The quantitative estimate of drug-likeness (QED) is 0.831. The first-order chi connectivity index (χ1) is 13.9. The summed E-state index contributed by atoms with van der Waals surface area (Å²) in [5.41, 5.74) is 2.25. The van der Waals surface area contributed by atoms with Crippen molar-refractivity contribution in [3.63, 3.8) is 0 Å². The number of fused-ring (bicyclic) bond motifs is 1. The highest BCUT2D eigenvalue weighted by molar-refractivity contribution is 7.92. The molecule has 2 heterocycles. The van der Waals surface area contributed by atoms with Gasteiger partial charge in [0.2, 0.25) is 10.0 Å². The first kappa shape index (κ1) is 19.6. The fourth-order valence-corrected chi connectivity index (χ4v) is 4.70. The smallest absolute Gasteiger partial charge is 0.267 e. The largest absolute Gasteiger partial charge is 0.476 e. The zero-order valence-corrected chi connectivity index (χ0v) is 17.2. The average molecular weight is 416 g/mol. The summed E-state index contributed by atoms with van der Waals surface area (Å²) in [5, 5.41) is 2.84. The van der Waals surface area contributed by atoms with Crippen LogP contribution in [0.5, 0.6) is 5.75 Å². The van der Waals surface area contributed by atoms with E-state index < -0.39 is 16.1 Å². The number of carbonyl (C=O) groups is 1. The number of rotatable bonds is 4. The topological polar surface area (TPSA) is 79.0 Å². The highest BCUT2D eigenvalue weighted by atomic mass is 32.2. The van der Waals surface area contributed by atoms with Gasteiger partial charge in [0.25, 0.3) is 5.91 Å². The van der Waals surface area contributed by atoms with Crippen molar-refractivity contribution in [1.82, 2.24) is 0 Å². The minimum atomic E-state index is -3.53. The van der Waals surface area contributed by atoms with E-state index in [1.807, 2.05) is 24.3 Å². The molecule has 1 fully saturated rings. The van der Waals surface area contributed by atoms with Crippen LogP contribution in [0.4, 0.5) is 17.1 Å². The number of ether oxygens (including phenoxy) is 1. The molecule has 154 valence electrons. The van der Waals surface area contributed by atoms with Crippen LogP contribution in [-0.2, 0) is 14.8 Å². The molecule has 1 N–H and O–H groups in total. The fourth-order valence-electron chi connectivity index (χ4n) is 3.78. The highest BCUT2D eigenvalue weighted by Crippen LogP contribution is 2.34. The zero-order valence-electron chi connectivity index (χ0n) is 16.4. The van der Waals surface area contributed by atoms with Crippen molar-refractivity contribution < 1.29 is 17.9 Å².